The molecule has 0 bridgehead atoms. The quantitative estimate of drug-likeness (QED) is 0.777. The number of hydrogen-bond donors (Lipinski definition) is 2. The van der Waals surface area contributed by atoms with Crippen LogP contribution in [0, 0.1) is 13.8 Å². The number of nitrogens with one attached hydrogen (secondary N) is 1. The van der Waals surface area contributed by atoms with Crippen LogP contribution in [0.1, 0.15) is 54.0 Å². The van der Waals surface area contributed by atoms with Crippen molar-refractivity contribution in [3.63, 3.8) is 0 Å². The maximum absolute atomic E-state index is 12.5. The van der Waals surface area contributed by atoms with E-state index < -0.39 is 0 Å². The number of aromatic nitrogens is 2. The molecule has 4 heterocycles. The molecule has 1 amide bonds. The summed E-state index contributed by atoms with van der Waals surface area (Å²) < 4.78 is 5.47. The van der Waals surface area contributed by atoms with Crippen LogP contribution in [0.3, 0.4) is 0 Å². The lowest BCUT2D eigenvalue weighted by Crippen LogP contribution is -2.45. The molecule has 4 rings (SSSR count). The van der Waals surface area contributed by atoms with Gasteiger partial charge in [0.15, 0.2) is 0 Å². The molecule has 30 heavy (non-hydrogen) atoms. The maximum Gasteiger partial charge on any atom is 0.255 e. The zero-order valence-corrected chi connectivity index (χ0v) is 17.8. The van der Waals surface area contributed by atoms with E-state index in [1.54, 1.807) is 12.4 Å². The third-order valence-electron chi connectivity index (χ3n) is 6.21. The van der Waals surface area contributed by atoms with Crippen LogP contribution in [-0.2, 0) is 0 Å². The third-order valence-corrected chi connectivity index (χ3v) is 6.21. The van der Waals surface area contributed by atoms with Crippen molar-refractivity contribution in [3.8, 4) is 0 Å². The summed E-state index contributed by atoms with van der Waals surface area (Å²) in [6, 6.07) is 4.11. The van der Waals surface area contributed by atoms with Gasteiger partial charge in [0.2, 0.25) is 0 Å². The van der Waals surface area contributed by atoms with Crippen molar-refractivity contribution in [1.29, 1.82) is 0 Å². The van der Waals surface area contributed by atoms with Crippen molar-refractivity contribution < 1.29 is 14.3 Å². The van der Waals surface area contributed by atoms with E-state index in [-0.39, 0.29) is 24.6 Å². The summed E-state index contributed by atoms with van der Waals surface area (Å²) in [5, 5.41) is 12.9. The van der Waals surface area contributed by atoms with Crippen LogP contribution in [0.2, 0.25) is 0 Å². The van der Waals surface area contributed by atoms with Gasteiger partial charge in [-0.05, 0) is 52.0 Å². The number of furan rings is 1. The summed E-state index contributed by atoms with van der Waals surface area (Å²) in [6.07, 6.45) is 6.61. The van der Waals surface area contributed by atoms with Gasteiger partial charge in [0, 0.05) is 31.7 Å². The Hall–Kier alpha value is -2.61. The largest absolute Gasteiger partial charge is 0.466 e. The van der Waals surface area contributed by atoms with Crippen molar-refractivity contribution in [1.82, 2.24) is 15.3 Å². The summed E-state index contributed by atoms with van der Waals surface area (Å²) >= 11 is 0. The molecule has 2 aromatic heterocycles. The van der Waals surface area contributed by atoms with Gasteiger partial charge in [-0.15, -0.1) is 0 Å². The Balaban J connectivity index is 1.36. The molecule has 2 N–H and O–H groups in total. The highest BCUT2D eigenvalue weighted by Crippen LogP contribution is 2.26. The summed E-state index contributed by atoms with van der Waals surface area (Å²) in [5.41, 5.74) is 0.621. The molecule has 162 valence electrons. The number of carbonyl (C=O) groups is 1. The molecule has 0 saturated carbocycles. The van der Waals surface area contributed by atoms with Crippen LogP contribution >= 0.6 is 0 Å². The zero-order chi connectivity index (χ0) is 21.1. The number of anilines is 2. The van der Waals surface area contributed by atoms with Crippen molar-refractivity contribution in [2.45, 2.75) is 58.0 Å². The highest BCUT2D eigenvalue weighted by Gasteiger charge is 2.26. The van der Waals surface area contributed by atoms with Gasteiger partial charge >= 0.3 is 0 Å². The lowest BCUT2D eigenvalue weighted by molar-refractivity contribution is 0.0929. The highest BCUT2D eigenvalue weighted by atomic mass is 16.3. The van der Waals surface area contributed by atoms with E-state index in [0.717, 1.165) is 69.1 Å². The van der Waals surface area contributed by atoms with E-state index >= 15 is 0 Å². The third kappa shape index (κ3) is 4.43. The first-order valence-electron chi connectivity index (χ1n) is 10.9. The molecular weight excluding hydrogens is 382 g/mol. The van der Waals surface area contributed by atoms with Gasteiger partial charge in [-0.2, -0.15) is 0 Å². The fraction of sp³-hybridized carbons (Fsp3) is 0.591. The van der Waals surface area contributed by atoms with Crippen LogP contribution in [0.25, 0.3) is 0 Å². The van der Waals surface area contributed by atoms with Crippen molar-refractivity contribution in [3.05, 3.63) is 35.5 Å². The van der Waals surface area contributed by atoms with Crippen molar-refractivity contribution >= 4 is 17.5 Å². The number of piperidine rings is 2. The first-order chi connectivity index (χ1) is 14.5. The lowest BCUT2D eigenvalue weighted by atomic mass is 10.0. The van der Waals surface area contributed by atoms with E-state index in [1.165, 1.54) is 0 Å². The smallest absolute Gasteiger partial charge is 0.255 e. The molecule has 0 aliphatic carbocycles. The average Bonchev–Trinajstić information content (AvgIpc) is 3.12. The average molecular weight is 414 g/mol. The number of aryl methyl sites for hydroxylation is 2. The van der Waals surface area contributed by atoms with Gasteiger partial charge in [0.25, 0.3) is 5.91 Å². The molecule has 2 aliphatic heterocycles. The highest BCUT2D eigenvalue weighted by molar-refractivity contribution is 5.95. The molecule has 2 fully saturated rings. The van der Waals surface area contributed by atoms with E-state index in [4.69, 9.17) is 4.42 Å². The molecule has 2 saturated heterocycles. The number of rotatable bonds is 5. The van der Waals surface area contributed by atoms with Gasteiger partial charge in [0.05, 0.1) is 18.2 Å². The summed E-state index contributed by atoms with van der Waals surface area (Å²) in [4.78, 5) is 25.9. The number of hydrogen-bond acceptors (Lipinski definition) is 7. The molecule has 0 radical (unpaired) electrons. The predicted octanol–water partition coefficient (Wildman–Crippen LogP) is 2.44. The lowest BCUT2D eigenvalue weighted by Gasteiger charge is -2.37. The monoisotopic (exact) mass is 413 g/mol. The Bertz CT molecular complexity index is 875. The van der Waals surface area contributed by atoms with Crippen LogP contribution in [0.5, 0.6) is 0 Å². The van der Waals surface area contributed by atoms with E-state index in [2.05, 4.69) is 25.1 Å². The van der Waals surface area contributed by atoms with E-state index in [9.17, 15) is 9.90 Å². The van der Waals surface area contributed by atoms with E-state index in [0.29, 0.717) is 11.3 Å². The predicted molar refractivity (Wildman–Crippen MR) is 115 cm³/mol. The minimum Gasteiger partial charge on any atom is -0.466 e. The fourth-order valence-corrected chi connectivity index (χ4v) is 4.53. The van der Waals surface area contributed by atoms with Crippen molar-refractivity contribution in [2.24, 2.45) is 0 Å². The molecular formula is C22H31N5O3. The van der Waals surface area contributed by atoms with Crippen LogP contribution < -0.4 is 15.1 Å². The minimum atomic E-state index is -0.0627. The Morgan fingerprint density at radius 3 is 2.60 bits per heavy atom. The SMILES string of the molecule is Cc1cc(C(=O)NC2CCN(c3cc(N4CCCCC4CO)ncn3)CC2)c(C)o1. The zero-order valence-electron chi connectivity index (χ0n) is 17.8. The molecule has 0 spiro atoms. The number of nitrogens with zero attached hydrogens (tertiary/aromatic N) is 4. The summed E-state index contributed by atoms with van der Waals surface area (Å²) in [6.45, 7) is 6.40. The Labute approximate surface area is 177 Å². The summed E-state index contributed by atoms with van der Waals surface area (Å²) in [5.74, 6) is 3.15. The Morgan fingerprint density at radius 1 is 1.13 bits per heavy atom. The number of aliphatic hydroxyl groups is 1. The standard InChI is InChI=1S/C22H31N5O3/c1-15-11-19(16(2)30-15)22(29)25-17-6-9-26(10-7-17)20-12-21(24-14-23-20)27-8-4-3-5-18(27)13-28/h11-12,14,17-18,28H,3-10,13H2,1-2H3,(H,25,29). The van der Waals surface area contributed by atoms with E-state index in [1.807, 2.05) is 19.9 Å². The van der Waals surface area contributed by atoms with Gasteiger partial charge in [-0.25, -0.2) is 9.97 Å². The normalized spacial score (nSPS) is 20.4. The second-order valence-electron chi connectivity index (χ2n) is 8.32. The number of carbonyl (C=O) groups excluding carboxylic acids is 1. The molecule has 1 unspecified atom stereocenters. The van der Waals surface area contributed by atoms with Gasteiger partial charge in [0.1, 0.15) is 29.5 Å². The Kier molecular flexibility index (Phi) is 6.22. The van der Waals surface area contributed by atoms with Gasteiger partial charge in [-0.3, -0.25) is 4.79 Å². The molecule has 2 aliphatic rings. The van der Waals surface area contributed by atoms with Gasteiger partial charge in [-0.1, -0.05) is 0 Å². The topological polar surface area (TPSA) is 94.7 Å². The fourth-order valence-electron chi connectivity index (χ4n) is 4.53. The molecule has 2 aromatic rings. The molecule has 8 heteroatoms. The van der Waals surface area contributed by atoms with Gasteiger partial charge < -0.3 is 24.6 Å². The first kappa shape index (κ1) is 20.7. The second-order valence-corrected chi connectivity index (χ2v) is 8.32. The number of amides is 1. The maximum atomic E-state index is 12.5. The molecule has 1 atom stereocenters. The first-order valence-corrected chi connectivity index (χ1v) is 10.9. The van der Waals surface area contributed by atoms with Crippen LogP contribution in [-0.4, -0.2) is 59.3 Å². The Morgan fingerprint density at radius 2 is 1.90 bits per heavy atom. The minimum absolute atomic E-state index is 0.0627. The summed E-state index contributed by atoms with van der Waals surface area (Å²) in [7, 11) is 0. The van der Waals surface area contributed by atoms with Crippen LogP contribution in [0.4, 0.5) is 11.6 Å². The van der Waals surface area contributed by atoms with Crippen molar-refractivity contribution in [2.75, 3.05) is 36.0 Å². The molecule has 0 aromatic carbocycles. The second kappa shape index (κ2) is 9.04. The number of aliphatic hydroxyl groups excluding tert-OH is 1. The van der Waals surface area contributed by atoms with Crippen LogP contribution in [0.15, 0.2) is 22.9 Å². The molecule has 8 nitrogen and oxygen atoms in total.